The third kappa shape index (κ3) is 4.93. The third-order valence-electron chi connectivity index (χ3n) is 3.69. The van der Waals surface area contributed by atoms with E-state index in [0.717, 1.165) is 25.9 Å². The maximum atomic E-state index is 11.8. The molecule has 1 aliphatic rings. The molecule has 6 heteroatoms. The number of nitrogens with one attached hydrogen (secondary N) is 2. The monoisotopic (exact) mass is 309 g/mol. The average molecular weight is 310 g/mol. The number of halogens is 1. The molecule has 0 aliphatic carbocycles. The normalized spacial score (nSPS) is 15.6. The molecule has 1 fully saturated rings. The Labute approximate surface area is 129 Å². The van der Waals surface area contributed by atoms with Gasteiger partial charge in [-0.3, -0.25) is 4.79 Å². The summed E-state index contributed by atoms with van der Waals surface area (Å²) >= 11 is 5.86. The van der Waals surface area contributed by atoms with E-state index in [1.54, 1.807) is 31.2 Å². The molecule has 1 aromatic rings. The molecule has 0 unspecified atom stereocenters. The smallest absolute Gasteiger partial charge is 0.319 e. The van der Waals surface area contributed by atoms with Crippen LogP contribution in [0.5, 0.6) is 0 Å². The second-order valence-electron chi connectivity index (χ2n) is 5.29. The maximum Gasteiger partial charge on any atom is 0.319 e. The summed E-state index contributed by atoms with van der Waals surface area (Å²) in [5.74, 6) is 0.547. The van der Waals surface area contributed by atoms with Gasteiger partial charge in [0.05, 0.1) is 0 Å². The van der Waals surface area contributed by atoms with Crippen LogP contribution in [-0.2, 0) is 4.79 Å². The summed E-state index contributed by atoms with van der Waals surface area (Å²) in [7, 11) is 0. The molecule has 2 rings (SSSR count). The summed E-state index contributed by atoms with van der Waals surface area (Å²) in [5.41, 5.74) is 0.673. The van der Waals surface area contributed by atoms with Crippen LogP contribution >= 0.6 is 11.6 Å². The first kappa shape index (κ1) is 15.6. The van der Waals surface area contributed by atoms with Crippen molar-refractivity contribution in [3.8, 4) is 0 Å². The lowest BCUT2D eigenvalue weighted by molar-refractivity contribution is -0.130. The zero-order valence-corrected chi connectivity index (χ0v) is 12.8. The van der Waals surface area contributed by atoms with Gasteiger partial charge in [0.25, 0.3) is 0 Å². The first-order chi connectivity index (χ1) is 10.0. The Morgan fingerprint density at radius 3 is 2.67 bits per heavy atom. The van der Waals surface area contributed by atoms with Gasteiger partial charge in [-0.1, -0.05) is 17.7 Å². The SMILES string of the molecule is CC(=O)N1CCC(CNC(=O)Nc2cccc(Cl)c2)CC1. The highest BCUT2D eigenvalue weighted by atomic mass is 35.5. The highest BCUT2D eigenvalue weighted by molar-refractivity contribution is 6.30. The van der Waals surface area contributed by atoms with Crippen LogP contribution in [0.25, 0.3) is 0 Å². The van der Waals surface area contributed by atoms with Gasteiger partial charge in [0.15, 0.2) is 0 Å². The molecule has 0 saturated carbocycles. The number of hydrogen-bond acceptors (Lipinski definition) is 2. The molecule has 1 aliphatic heterocycles. The van der Waals surface area contributed by atoms with E-state index in [9.17, 15) is 9.59 Å². The van der Waals surface area contributed by atoms with Crippen molar-refractivity contribution in [2.75, 3.05) is 25.0 Å². The van der Waals surface area contributed by atoms with Gasteiger partial charge in [-0.2, -0.15) is 0 Å². The molecule has 3 amide bonds. The lowest BCUT2D eigenvalue weighted by Gasteiger charge is -2.31. The molecule has 1 saturated heterocycles. The maximum absolute atomic E-state index is 11.8. The Balaban J connectivity index is 1.71. The van der Waals surface area contributed by atoms with E-state index in [2.05, 4.69) is 10.6 Å². The third-order valence-corrected chi connectivity index (χ3v) is 3.93. The van der Waals surface area contributed by atoms with Crippen molar-refractivity contribution in [1.82, 2.24) is 10.2 Å². The highest BCUT2D eigenvalue weighted by Crippen LogP contribution is 2.17. The predicted molar refractivity (Wildman–Crippen MR) is 83.5 cm³/mol. The number of benzene rings is 1. The van der Waals surface area contributed by atoms with Crippen LogP contribution in [0.2, 0.25) is 5.02 Å². The molecule has 1 aromatic carbocycles. The Bertz CT molecular complexity index is 513. The van der Waals surface area contributed by atoms with E-state index < -0.39 is 0 Å². The van der Waals surface area contributed by atoms with E-state index in [1.807, 2.05) is 4.90 Å². The highest BCUT2D eigenvalue weighted by Gasteiger charge is 2.20. The number of anilines is 1. The van der Waals surface area contributed by atoms with Crippen LogP contribution in [0, 0.1) is 5.92 Å². The van der Waals surface area contributed by atoms with Gasteiger partial charge >= 0.3 is 6.03 Å². The van der Waals surface area contributed by atoms with Crippen molar-refractivity contribution in [2.45, 2.75) is 19.8 Å². The number of amides is 3. The second-order valence-corrected chi connectivity index (χ2v) is 5.73. The van der Waals surface area contributed by atoms with Crippen molar-refractivity contribution in [1.29, 1.82) is 0 Å². The molecule has 1 heterocycles. The van der Waals surface area contributed by atoms with Gasteiger partial charge in [0, 0.05) is 37.3 Å². The molecule has 0 spiro atoms. The van der Waals surface area contributed by atoms with Gasteiger partial charge < -0.3 is 15.5 Å². The summed E-state index contributed by atoms with van der Waals surface area (Å²) in [6, 6.07) is 6.80. The Hall–Kier alpha value is -1.75. The number of piperidine rings is 1. The minimum Gasteiger partial charge on any atom is -0.343 e. The molecule has 0 radical (unpaired) electrons. The zero-order chi connectivity index (χ0) is 15.2. The largest absolute Gasteiger partial charge is 0.343 e. The molecular formula is C15H20ClN3O2. The van der Waals surface area contributed by atoms with Gasteiger partial charge in [-0.05, 0) is 37.0 Å². The Kier molecular flexibility index (Phi) is 5.44. The van der Waals surface area contributed by atoms with Crippen LogP contribution in [0.1, 0.15) is 19.8 Å². The first-order valence-corrected chi connectivity index (χ1v) is 7.48. The second kappa shape index (κ2) is 7.31. The number of carbonyl (C=O) groups excluding carboxylic acids is 2. The van der Waals surface area contributed by atoms with E-state index in [1.165, 1.54) is 0 Å². The van der Waals surface area contributed by atoms with E-state index in [0.29, 0.717) is 23.2 Å². The van der Waals surface area contributed by atoms with Gasteiger partial charge in [-0.25, -0.2) is 4.79 Å². The fourth-order valence-corrected chi connectivity index (χ4v) is 2.62. The van der Waals surface area contributed by atoms with E-state index in [-0.39, 0.29) is 11.9 Å². The average Bonchev–Trinajstić information content (AvgIpc) is 2.45. The molecule has 0 atom stereocenters. The first-order valence-electron chi connectivity index (χ1n) is 7.10. The summed E-state index contributed by atoms with van der Waals surface area (Å²) < 4.78 is 0. The van der Waals surface area contributed by atoms with Crippen LogP contribution < -0.4 is 10.6 Å². The van der Waals surface area contributed by atoms with Gasteiger partial charge in [0.1, 0.15) is 0 Å². The summed E-state index contributed by atoms with van der Waals surface area (Å²) in [6.07, 6.45) is 1.86. The molecule has 21 heavy (non-hydrogen) atoms. The minimum absolute atomic E-state index is 0.125. The minimum atomic E-state index is -0.230. The van der Waals surface area contributed by atoms with Crippen LogP contribution in [0.4, 0.5) is 10.5 Å². The fraction of sp³-hybridized carbons (Fsp3) is 0.467. The molecule has 2 N–H and O–H groups in total. The lowest BCUT2D eigenvalue weighted by Crippen LogP contribution is -2.41. The van der Waals surface area contributed by atoms with Crippen molar-refractivity contribution in [3.63, 3.8) is 0 Å². The van der Waals surface area contributed by atoms with Crippen molar-refractivity contribution in [3.05, 3.63) is 29.3 Å². The molecule has 0 bridgehead atoms. The molecular weight excluding hydrogens is 290 g/mol. The number of rotatable bonds is 3. The zero-order valence-electron chi connectivity index (χ0n) is 12.1. The van der Waals surface area contributed by atoms with Crippen LogP contribution in [0.3, 0.4) is 0 Å². The number of likely N-dealkylation sites (tertiary alicyclic amines) is 1. The van der Waals surface area contributed by atoms with E-state index in [4.69, 9.17) is 11.6 Å². The van der Waals surface area contributed by atoms with Gasteiger partial charge in [0.2, 0.25) is 5.91 Å². The Morgan fingerprint density at radius 2 is 2.05 bits per heavy atom. The van der Waals surface area contributed by atoms with Crippen molar-refractivity contribution >= 4 is 29.2 Å². The van der Waals surface area contributed by atoms with Crippen LogP contribution in [-0.4, -0.2) is 36.5 Å². The standard InChI is InChI=1S/C15H20ClN3O2/c1-11(20)19-7-5-12(6-8-19)10-17-15(21)18-14-4-2-3-13(16)9-14/h2-4,9,12H,5-8,10H2,1H3,(H2,17,18,21). The van der Waals surface area contributed by atoms with Crippen molar-refractivity contribution < 1.29 is 9.59 Å². The fourth-order valence-electron chi connectivity index (χ4n) is 2.43. The molecule has 0 aromatic heterocycles. The van der Waals surface area contributed by atoms with E-state index >= 15 is 0 Å². The molecule has 114 valence electrons. The number of carbonyl (C=O) groups is 2. The van der Waals surface area contributed by atoms with Crippen molar-refractivity contribution in [2.24, 2.45) is 5.92 Å². The quantitative estimate of drug-likeness (QED) is 0.902. The topological polar surface area (TPSA) is 61.4 Å². The van der Waals surface area contributed by atoms with Gasteiger partial charge in [-0.15, -0.1) is 0 Å². The van der Waals surface area contributed by atoms with Crippen LogP contribution in [0.15, 0.2) is 24.3 Å². The Morgan fingerprint density at radius 1 is 1.33 bits per heavy atom. The number of nitrogens with zero attached hydrogens (tertiary/aromatic N) is 1. The summed E-state index contributed by atoms with van der Waals surface area (Å²) in [4.78, 5) is 24.9. The lowest BCUT2D eigenvalue weighted by atomic mass is 9.97. The molecule has 5 nitrogen and oxygen atoms in total. The number of hydrogen-bond donors (Lipinski definition) is 2. The summed E-state index contributed by atoms with van der Waals surface area (Å²) in [6.45, 7) is 3.77. The predicted octanol–water partition coefficient (Wildman–Crippen LogP) is 2.72. The summed E-state index contributed by atoms with van der Waals surface area (Å²) in [5, 5.41) is 6.21. The number of urea groups is 1.